The average Bonchev–Trinajstić information content (AvgIpc) is 3.14. The van der Waals surface area contributed by atoms with Crippen molar-refractivity contribution in [2.45, 2.75) is 44.6 Å². The maximum atomic E-state index is 12.4. The Morgan fingerprint density at radius 3 is 2.81 bits per heavy atom. The first-order chi connectivity index (χ1) is 15.2. The third-order valence-electron chi connectivity index (χ3n) is 6.60. The van der Waals surface area contributed by atoms with Gasteiger partial charge in [0.2, 0.25) is 5.91 Å². The van der Waals surface area contributed by atoms with E-state index in [0.29, 0.717) is 5.92 Å². The number of rotatable bonds is 8. The van der Waals surface area contributed by atoms with Crippen LogP contribution in [0, 0.1) is 5.92 Å². The molecule has 7 heteroatoms. The molecule has 2 fully saturated rings. The van der Waals surface area contributed by atoms with Crippen LogP contribution in [0.15, 0.2) is 41.2 Å². The molecular weight excluding hydrogens is 390 g/mol. The number of para-hydroxylation sites is 2. The average molecular weight is 426 g/mol. The number of H-pyrrole nitrogens is 1. The molecule has 3 N–H and O–H groups in total. The summed E-state index contributed by atoms with van der Waals surface area (Å²) in [5, 5.41) is 6.37. The Morgan fingerprint density at radius 2 is 2.00 bits per heavy atom. The number of carbonyl (C=O) groups is 1. The largest absolute Gasteiger partial charge is 0.353 e. The Hall–Kier alpha value is -2.38. The molecule has 2 aliphatic heterocycles. The van der Waals surface area contributed by atoms with Gasteiger partial charge in [0.05, 0.1) is 11.0 Å². The van der Waals surface area contributed by atoms with Gasteiger partial charge in [0.15, 0.2) is 0 Å². The zero-order valence-electron chi connectivity index (χ0n) is 18.3. The van der Waals surface area contributed by atoms with Crippen molar-refractivity contribution in [3.05, 3.63) is 46.9 Å². The lowest BCUT2D eigenvalue weighted by atomic mass is 9.99. The highest BCUT2D eigenvalue weighted by Crippen LogP contribution is 2.24. The van der Waals surface area contributed by atoms with E-state index in [0.717, 1.165) is 76.0 Å². The molecule has 7 nitrogen and oxygen atoms in total. The second-order valence-electron chi connectivity index (χ2n) is 8.85. The number of nitrogens with one attached hydrogen (secondary N) is 3. The lowest BCUT2D eigenvalue weighted by Crippen LogP contribution is -2.37. The third kappa shape index (κ3) is 5.86. The van der Waals surface area contributed by atoms with E-state index in [-0.39, 0.29) is 17.6 Å². The Kier molecular flexibility index (Phi) is 7.59. The summed E-state index contributed by atoms with van der Waals surface area (Å²) < 4.78 is 1.94. The summed E-state index contributed by atoms with van der Waals surface area (Å²) in [4.78, 5) is 29.8. The van der Waals surface area contributed by atoms with Crippen LogP contribution >= 0.6 is 0 Å². The van der Waals surface area contributed by atoms with Gasteiger partial charge in [0.1, 0.15) is 0 Å². The van der Waals surface area contributed by atoms with Crippen molar-refractivity contribution in [1.29, 1.82) is 0 Å². The number of hydrogen-bond acceptors (Lipinski definition) is 4. The lowest BCUT2D eigenvalue weighted by molar-refractivity contribution is -0.116. The van der Waals surface area contributed by atoms with Gasteiger partial charge in [-0.15, -0.1) is 0 Å². The van der Waals surface area contributed by atoms with E-state index in [1.54, 1.807) is 6.08 Å². The normalized spacial score (nSPS) is 21.1. The molecule has 3 heterocycles. The fourth-order valence-electron chi connectivity index (χ4n) is 4.84. The summed E-state index contributed by atoms with van der Waals surface area (Å²) in [5.74, 6) is 0.512. The van der Waals surface area contributed by atoms with Crippen molar-refractivity contribution in [2.75, 3.05) is 39.3 Å². The summed E-state index contributed by atoms with van der Waals surface area (Å²) in [5.41, 5.74) is 1.93. The fourth-order valence-corrected chi connectivity index (χ4v) is 4.84. The van der Waals surface area contributed by atoms with Crippen LogP contribution in [0.2, 0.25) is 0 Å². The number of nitrogens with zero attached hydrogens (tertiary/aromatic N) is 2. The minimum absolute atomic E-state index is 0.00388. The second-order valence-corrected chi connectivity index (χ2v) is 8.85. The Labute approximate surface area is 183 Å². The standard InChI is InChI=1S/C24H35N5O2/c30-23(10-9-19-6-5-13-25-18-19)26-14-3-4-15-28-16-11-20(12-17-28)29-22-8-2-1-7-21(22)27-24(29)31/h1-2,7-10,19-20,25H,3-6,11-18H2,(H,26,30)(H,27,31). The molecule has 31 heavy (non-hydrogen) atoms. The number of imidazole rings is 1. The lowest BCUT2D eigenvalue weighted by Gasteiger charge is -2.32. The molecule has 2 aliphatic rings. The van der Waals surface area contributed by atoms with E-state index in [2.05, 4.69) is 20.5 Å². The highest BCUT2D eigenvalue weighted by Gasteiger charge is 2.23. The molecule has 0 radical (unpaired) electrons. The van der Waals surface area contributed by atoms with Gasteiger partial charge in [-0.1, -0.05) is 18.2 Å². The smallest absolute Gasteiger partial charge is 0.326 e. The molecule has 2 saturated heterocycles. The van der Waals surface area contributed by atoms with Crippen molar-refractivity contribution in [1.82, 2.24) is 25.1 Å². The molecule has 0 saturated carbocycles. The number of unbranched alkanes of at least 4 members (excludes halogenated alkanes) is 1. The number of carbonyl (C=O) groups excluding carboxylic acids is 1. The molecule has 0 spiro atoms. The van der Waals surface area contributed by atoms with Crippen LogP contribution in [0.4, 0.5) is 0 Å². The first-order valence-corrected chi connectivity index (χ1v) is 11.8. The number of benzene rings is 1. The zero-order valence-corrected chi connectivity index (χ0v) is 18.3. The van der Waals surface area contributed by atoms with Gasteiger partial charge < -0.3 is 20.5 Å². The quantitative estimate of drug-likeness (QED) is 0.448. The molecule has 2 aromatic rings. The molecule has 1 aromatic carbocycles. The van der Waals surface area contributed by atoms with Crippen molar-refractivity contribution < 1.29 is 4.79 Å². The van der Waals surface area contributed by atoms with Gasteiger partial charge in [-0.25, -0.2) is 4.79 Å². The molecule has 1 amide bonds. The number of likely N-dealkylation sites (tertiary alicyclic amines) is 1. The third-order valence-corrected chi connectivity index (χ3v) is 6.60. The SMILES string of the molecule is O=C(C=CC1CCCNC1)NCCCCN1CCC(n2c(=O)[nH]c3ccccc32)CC1. The van der Waals surface area contributed by atoms with E-state index in [4.69, 9.17) is 0 Å². The number of fused-ring (bicyclic) bond motifs is 1. The molecule has 0 bridgehead atoms. The molecular formula is C24H35N5O2. The topological polar surface area (TPSA) is 82.2 Å². The highest BCUT2D eigenvalue weighted by atomic mass is 16.2. The van der Waals surface area contributed by atoms with Crippen LogP contribution in [-0.2, 0) is 4.79 Å². The van der Waals surface area contributed by atoms with Gasteiger partial charge >= 0.3 is 5.69 Å². The van der Waals surface area contributed by atoms with Crippen LogP contribution in [0.25, 0.3) is 11.0 Å². The van der Waals surface area contributed by atoms with Crippen LogP contribution in [-0.4, -0.2) is 59.6 Å². The Morgan fingerprint density at radius 1 is 1.16 bits per heavy atom. The van der Waals surface area contributed by atoms with Gasteiger partial charge in [-0.05, 0) is 75.7 Å². The number of hydrogen-bond donors (Lipinski definition) is 3. The predicted molar refractivity (Wildman–Crippen MR) is 124 cm³/mol. The summed E-state index contributed by atoms with van der Waals surface area (Å²) in [6, 6.07) is 8.20. The number of aromatic nitrogens is 2. The van der Waals surface area contributed by atoms with Crippen LogP contribution in [0.3, 0.4) is 0 Å². The Bertz CT molecular complexity index is 933. The monoisotopic (exact) mass is 425 g/mol. The Balaban J connectivity index is 1.13. The summed E-state index contributed by atoms with van der Waals surface area (Å²) in [6.45, 7) is 5.88. The second kappa shape index (κ2) is 10.8. The van der Waals surface area contributed by atoms with Crippen molar-refractivity contribution >= 4 is 16.9 Å². The van der Waals surface area contributed by atoms with Crippen molar-refractivity contribution in [3.8, 4) is 0 Å². The van der Waals surface area contributed by atoms with Crippen LogP contribution in [0.1, 0.15) is 44.6 Å². The minimum Gasteiger partial charge on any atom is -0.353 e. The first kappa shape index (κ1) is 21.8. The minimum atomic E-state index is 0.00388. The number of aromatic amines is 1. The van der Waals surface area contributed by atoms with Gasteiger partial charge in [-0.2, -0.15) is 0 Å². The molecule has 4 rings (SSSR count). The zero-order chi connectivity index (χ0) is 21.5. The molecule has 1 atom stereocenters. The number of amides is 1. The highest BCUT2D eigenvalue weighted by molar-refractivity contribution is 5.87. The van der Waals surface area contributed by atoms with Crippen LogP contribution < -0.4 is 16.3 Å². The van der Waals surface area contributed by atoms with E-state index in [1.807, 2.05) is 34.9 Å². The maximum Gasteiger partial charge on any atom is 0.326 e. The summed E-state index contributed by atoms with van der Waals surface area (Å²) in [7, 11) is 0. The van der Waals surface area contributed by atoms with E-state index < -0.39 is 0 Å². The van der Waals surface area contributed by atoms with Gasteiger partial charge in [0, 0.05) is 32.2 Å². The van der Waals surface area contributed by atoms with Gasteiger partial charge in [-0.3, -0.25) is 9.36 Å². The predicted octanol–water partition coefficient (Wildman–Crippen LogP) is 2.42. The molecule has 1 aromatic heterocycles. The van der Waals surface area contributed by atoms with E-state index in [1.165, 1.54) is 12.8 Å². The van der Waals surface area contributed by atoms with E-state index in [9.17, 15) is 9.59 Å². The summed E-state index contributed by atoms with van der Waals surface area (Å²) >= 11 is 0. The maximum absolute atomic E-state index is 12.4. The summed E-state index contributed by atoms with van der Waals surface area (Å²) in [6.07, 6.45) is 10.2. The number of piperidine rings is 2. The molecule has 1 unspecified atom stereocenters. The molecule has 168 valence electrons. The van der Waals surface area contributed by atoms with Crippen molar-refractivity contribution in [2.24, 2.45) is 5.92 Å². The first-order valence-electron chi connectivity index (χ1n) is 11.8. The van der Waals surface area contributed by atoms with Gasteiger partial charge in [0.25, 0.3) is 0 Å². The van der Waals surface area contributed by atoms with Crippen molar-refractivity contribution in [3.63, 3.8) is 0 Å². The fraction of sp³-hybridized carbons (Fsp3) is 0.583. The molecule has 0 aliphatic carbocycles. The van der Waals surface area contributed by atoms with E-state index >= 15 is 0 Å². The van der Waals surface area contributed by atoms with Crippen LogP contribution in [0.5, 0.6) is 0 Å².